The molecule has 152 valence electrons. The predicted octanol–water partition coefficient (Wildman–Crippen LogP) is 5.89. The number of phenolic OH excluding ortho intramolecular Hbond substituents is 2. The molecule has 0 spiro atoms. The van der Waals surface area contributed by atoms with Gasteiger partial charge in [-0.05, 0) is 24.3 Å². The number of hydrogen-bond donors (Lipinski definition) is 3. The Labute approximate surface area is 186 Å². The lowest BCUT2D eigenvalue weighted by atomic mass is 9.83. The van der Waals surface area contributed by atoms with Gasteiger partial charge in [-0.3, -0.25) is 4.55 Å². The standard InChI is InChI=1S/C19H12Cl4O5S/c20-14-4-2-1-3-11(14)19(29(26,27)28,12-6-5-10(24)9-16(12)22)13-7-8-15(21)18(25)17(13)23/h1-9,24-25H,(H,26,27,28). The van der Waals surface area contributed by atoms with Crippen molar-refractivity contribution >= 4 is 56.5 Å². The first kappa shape index (κ1) is 22.0. The third-order valence-electron chi connectivity index (χ3n) is 4.42. The Kier molecular flexibility index (Phi) is 5.98. The first-order valence-corrected chi connectivity index (χ1v) is 10.9. The van der Waals surface area contributed by atoms with Crippen molar-refractivity contribution in [2.75, 3.05) is 0 Å². The van der Waals surface area contributed by atoms with Crippen LogP contribution in [0.15, 0.2) is 54.6 Å². The molecule has 3 N–H and O–H groups in total. The molecule has 0 heterocycles. The molecule has 0 saturated heterocycles. The summed E-state index contributed by atoms with van der Waals surface area (Å²) >= 11 is 24.8. The molecule has 1 unspecified atom stereocenters. The average molecular weight is 494 g/mol. The van der Waals surface area contributed by atoms with E-state index in [1.165, 1.54) is 42.5 Å². The van der Waals surface area contributed by atoms with Crippen molar-refractivity contribution in [2.24, 2.45) is 0 Å². The molecule has 0 aromatic heterocycles. The van der Waals surface area contributed by atoms with Crippen LogP contribution in [0.2, 0.25) is 20.1 Å². The molecule has 29 heavy (non-hydrogen) atoms. The van der Waals surface area contributed by atoms with E-state index in [1.54, 1.807) is 6.07 Å². The van der Waals surface area contributed by atoms with Crippen LogP contribution in [0, 0.1) is 0 Å². The zero-order chi connectivity index (χ0) is 21.6. The van der Waals surface area contributed by atoms with Crippen LogP contribution in [-0.2, 0) is 14.9 Å². The fraction of sp³-hybridized carbons (Fsp3) is 0.0526. The summed E-state index contributed by atoms with van der Waals surface area (Å²) in [6.07, 6.45) is 0. The highest BCUT2D eigenvalue weighted by atomic mass is 35.5. The summed E-state index contributed by atoms with van der Waals surface area (Å²) in [4.78, 5) is 0. The lowest BCUT2D eigenvalue weighted by Crippen LogP contribution is -2.39. The average Bonchev–Trinajstić information content (AvgIpc) is 2.63. The summed E-state index contributed by atoms with van der Waals surface area (Å²) in [5.74, 6) is -0.812. The van der Waals surface area contributed by atoms with Crippen LogP contribution in [0.1, 0.15) is 16.7 Å². The van der Waals surface area contributed by atoms with Crippen molar-refractivity contribution in [2.45, 2.75) is 4.75 Å². The van der Waals surface area contributed by atoms with Gasteiger partial charge < -0.3 is 10.2 Å². The molecule has 3 aromatic carbocycles. The topological polar surface area (TPSA) is 94.8 Å². The van der Waals surface area contributed by atoms with Gasteiger partial charge in [0.25, 0.3) is 10.1 Å². The maximum absolute atomic E-state index is 13.0. The van der Waals surface area contributed by atoms with Gasteiger partial charge in [-0.15, -0.1) is 0 Å². The molecule has 0 bridgehead atoms. The monoisotopic (exact) mass is 492 g/mol. The highest BCUT2D eigenvalue weighted by molar-refractivity contribution is 7.87. The minimum Gasteiger partial charge on any atom is -0.508 e. The second-order valence-corrected chi connectivity index (χ2v) is 9.22. The summed E-state index contributed by atoms with van der Waals surface area (Å²) in [5.41, 5.74) is -0.444. The molecule has 0 saturated carbocycles. The SMILES string of the molecule is O=S(=O)(O)C(c1ccccc1Cl)(c1ccc(O)cc1Cl)c1ccc(Cl)c(O)c1Cl. The highest BCUT2D eigenvalue weighted by Crippen LogP contribution is 2.52. The van der Waals surface area contributed by atoms with E-state index in [1.807, 2.05) is 0 Å². The normalized spacial score (nSPS) is 13.8. The Morgan fingerprint density at radius 3 is 1.90 bits per heavy atom. The molecular weight excluding hydrogens is 482 g/mol. The summed E-state index contributed by atoms with van der Waals surface area (Å²) in [5, 5.41) is 19.2. The van der Waals surface area contributed by atoms with E-state index in [4.69, 9.17) is 46.4 Å². The second kappa shape index (κ2) is 7.87. The molecule has 0 aliphatic rings. The van der Waals surface area contributed by atoms with Crippen molar-refractivity contribution in [1.29, 1.82) is 0 Å². The number of hydrogen-bond acceptors (Lipinski definition) is 4. The van der Waals surface area contributed by atoms with Crippen LogP contribution in [-0.4, -0.2) is 23.2 Å². The van der Waals surface area contributed by atoms with E-state index >= 15 is 0 Å². The smallest absolute Gasteiger partial charge is 0.283 e. The molecule has 5 nitrogen and oxygen atoms in total. The van der Waals surface area contributed by atoms with Gasteiger partial charge in [0.15, 0.2) is 10.5 Å². The Bertz CT molecular complexity index is 1210. The lowest BCUT2D eigenvalue weighted by Gasteiger charge is -2.34. The van der Waals surface area contributed by atoms with E-state index < -0.39 is 25.6 Å². The first-order valence-electron chi connectivity index (χ1n) is 7.90. The zero-order valence-electron chi connectivity index (χ0n) is 14.3. The van der Waals surface area contributed by atoms with Crippen LogP contribution in [0.25, 0.3) is 0 Å². The molecule has 3 rings (SSSR count). The largest absolute Gasteiger partial charge is 0.508 e. The zero-order valence-corrected chi connectivity index (χ0v) is 18.1. The minimum absolute atomic E-state index is 0.0141. The maximum Gasteiger partial charge on any atom is 0.283 e. The fourth-order valence-corrected chi connectivity index (χ4v) is 5.84. The Balaban J connectivity index is 2.63. The molecule has 0 aliphatic heterocycles. The number of halogens is 4. The lowest BCUT2D eigenvalue weighted by molar-refractivity contribution is 0.455. The minimum atomic E-state index is -5.08. The molecule has 0 aliphatic carbocycles. The second-order valence-electron chi connectivity index (χ2n) is 6.06. The van der Waals surface area contributed by atoms with Crippen molar-refractivity contribution in [3.05, 3.63) is 91.4 Å². The van der Waals surface area contributed by atoms with Gasteiger partial charge in [-0.2, -0.15) is 8.42 Å². The van der Waals surface area contributed by atoms with Crippen molar-refractivity contribution < 1.29 is 23.2 Å². The van der Waals surface area contributed by atoms with Crippen LogP contribution in [0.5, 0.6) is 11.5 Å². The Morgan fingerprint density at radius 1 is 0.724 bits per heavy atom. The number of rotatable bonds is 4. The Morgan fingerprint density at radius 2 is 1.31 bits per heavy atom. The molecule has 1 atom stereocenters. The van der Waals surface area contributed by atoms with Crippen LogP contribution < -0.4 is 0 Å². The van der Waals surface area contributed by atoms with E-state index in [-0.39, 0.29) is 37.5 Å². The van der Waals surface area contributed by atoms with Gasteiger partial charge in [-0.25, -0.2) is 0 Å². The quantitative estimate of drug-likeness (QED) is 0.311. The molecule has 0 fully saturated rings. The summed E-state index contributed by atoms with van der Waals surface area (Å²) < 4.78 is 34.1. The maximum atomic E-state index is 13.0. The third-order valence-corrected chi connectivity index (χ3v) is 7.18. The van der Waals surface area contributed by atoms with Gasteiger partial charge in [-0.1, -0.05) is 76.7 Å². The van der Waals surface area contributed by atoms with Crippen molar-refractivity contribution in [3.63, 3.8) is 0 Å². The van der Waals surface area contributed by atoms with Crippen LogP contribution >= 0.6 is 46.4 Å². The van der Waals surface area contributed by atoms with Gasteiger partial charge in [0, 0.05) is 26.7 Å². The summed E-state index contributed by atoms with van der Waals surface area (Å²) in [6, 6.07) is 11.9. The summed E-state index contributed by atoms with van der Waals surface area (Å²) in [6.45, 7) is 0. The van der Waals surface area contributed by atoms with E-state index in [0.29, 0.717) is 0 Å². The van der Waals surface area contributed by atoms with E-state index in [9.17, 15) is 23.2 Å². The van der Waals surface area contributed by atoms with Crippen LogP contribution in [0.3, 0.4) is 0 Å². The van der Waals surface area contributed by atoms with Crippen LogP contribution in [0.4, 0.5) is 0 Å². The molecule has 10 heteroatoms. The molecule has 0 amide bonds. The van der Waals surface area contributed by atoms with E-state index in [2.05, 4.69) is 0 Å². The third kappa shape index (κ3) is 3.54. The van der Waals surface area contributed by atoms with Gasteiger partial charge >= 0.3 is 0 Å². The predicted molar refractivity (Wildman–Crippen MR) is 114 cm³/mol. The molecule has 3 aromatic rings. The fourth-order valence-electron chi connectivity index (χ4n) is 3.20. The van der Waals surface area contributed by atoms with Crippen molar-refractivity contribution in [1.82, 2.24) is 0 Å². The van der Waals surface area contributed by atoms with Crippen molar-refractivity contribution in [3.8, 4) is 11.5 Å². The summed E-state index contributed by atoms with van der Waals surface area (Å²) in [7, 11) is -5.08. The van der Waals surface area contributed by atoms with Gasteiger partial charge in [0.2, 0.25) is 0 Å². The molecular formula is C19H12Cl4O5S. The van der Waals surface area contributed by atoms with Gasteiger partial charge in [0.1, 0.15) is 5.75 Å². The first-order chi connectivity index (χ1) is 13.5. The van der Waals surface area contributed by atoms with Gasteiger partial charge in [0.05, 0.1) is 10.0 Å². The molecule has 0 radical (unpaired) electrons. The number of aromatic hydroxyl groups is 2. The number of benzene rings is 3. The van der Waals surface area contributed by atoms with E-state index in [0.717, 1.165) is 6.07 Å². The number of phenols is 2. The highest BCUT2D eigenvalue weighted by Gasteiger charge is 2.52. The Hall–Kier alpha value is -1.67.